The van der Waals surface area contributed by atoms with Gasteiger partial charge in [0.05, 0.1) is 12.3 Å². The van der Waals surface area contributed by atoms with Crippen molar-refractivity contribution in [3.63, 3.8) is 0 Å². The summed E-state index contributed by atoms with van der Waals surface area (Å²) in [6.07, 6.45) is 2.32. The second kappa shape index (κ2) is 6.31. The number of rotatable bonds is 4. The first kappa shape index (κ1) is 14.9. The highest BCUT2D eigenvalue weighted by molar-refractivity contribution is 5.67. The molecule has 20 heavy (non-hydrogen) atoms. The van der Waals surface area contributed by atoms with E-state index in [2.05, 4.69) is 11.8 Å². The molecule has 0 unspecified atom stereocenters. The zero-order valence-corrected chi connectivity index (χ0v) is 12.7. The van der Waals surface area contributed by atoms with Gasteiger partial charge in [-0.05, 0) is 31.7 Å². The number of nitrogens with two attached hydrogens (primary N) is 1. The van der Waals surface area contributed by atoms with Crippen LogP contribution in [0.5, 0.6) is 0 Å². The molecule has 0 radical (unpaired) electrons. The fraction of sp³-hybridized carbons (Fsp3) is 0.667. The molecule has 0 aromatic carbocycles. The predicted molar refractivity (Wildman–Crippen MR) is 82.3 cm³/mol. The zero-order valence-electron chi connectivity index (χ0n) is 12.7. The molecule has 1 saturated heterocycles. The molecule has 0 bridgehead atoms. The van der Waals surface area contributed by atoms with Crippen LogP contribution in [0.3, 0.4) is 0 Å². The Morgan fingerprint density at radius 1 is 1.40 bits per heavy atom. The molecular weight excluding hydrogens is 254 g/mol. The number of pyridine rings is 1. The number of aryl methyl sites for hydroxylation is 1. The van der Waals surface area contributed by atoms with Gasteiger partial charge in [0.1, 0.15) is 5.69 Å². The lowest BCUT2D eigenvalue weighted by atomic mass is 9.98. The Hall–Kier alpha value is -1.49. The van der Waals surface area contributed by atoms with Crippen LogP contribution in [0.15, 0.2) is 10.9 Å². The van der Waals surface area contributed by atoms with Gasteiger partial charge in [-0.15, -0.1) is 0 Å². The van der Waals surface area contributed by atoms with Crippen LogP contribution in [0, 0.1) is 12.8 Å². The molecule has 0 saturated carbocycles. The molecule has 0 aliphatic carbocycles. The SMILES string of the molecule is COCCn1c(C)cc(N2CCC(C)CC2)c(N)c1=O. The van der Waals surface area contributed by atoms with Gasteiger partial charge in [-0.25, -0.2) is 0 Å². The Morgan fingerprint density at radius 3 is 2.65 bits per heavy atom. The molecule has 1 aromatic rings. The van der Waals surface area contributed by atoms with Crippen LogP contribution in [0.4, 0.5) is 11.4 Å². The third-order valence-electron chi connectivity index (χ3n) is 4.17. The van der Waals surface area contributed by atoms with Gasteiger partial charge < -0.3 is 19.9 Å². The van der Waals surface area contributed by atoms with Crippen molar-refractivity contribution in [3.05, 3.63) is 22.1 Å². The molecular formula is C15H25N3O2. The molecule has 112 valence electrons. The number of aromatic nitrogens is 1. The van der Waals surface area contributed by atoms with E-state index in [1.807, 2.05) is 13.0 Å². The minimum atomic E-state index is -0.101. The molecule has 0 spiro atoms. The first-order valence-corrected chi connectivity index (χ1v) is 7.28. The standard InChI is InChI=1S/C15H25N3O2/c1-11-4-6-17(7-5-11)13-10-12(2)18(8-9-20-3)15(19)14(13)16/h10-11H,4-9,16H2,1-3H3. The van der Waals surface area contributed by atoms with Crippen LogP contribution in [0.2, 0.25) is 0 Å². The average molecular weight is 279 g/mol. The second-order valence-corrected chi connectivity index (χ2v) is 5.70. The van der Waals surface area contributed by atoms with Crippen molar-refractivity contribution in [3.8, 4) is 0 Å². The van der Waals surface area contributed by atoms with Crippen molar-refractivity contribution < 1.29 is 4.74 Å². The monoisotopic (exact) mass is 279 g/mol. The van der Waals surface area contributed by atoms with Crippen LogP contribution >= 0.6 is 0 Å². The Balaban J connectivity index is 2.29. The molecule has 1 aromatic heterocycles. The lowest BCUT2D eigenvalue weighted by Gasteiger charge is -2.33. The molecule has 0 amide bonds. The number of hydrogen-bond acceptors (Lipinski definition) is 4. The number of hydrogen-bond donors (Lipinski definition) is 1. The summed E-state index contributed by atoms with van der Waals surface area (Å²) in [7, 11) is 1.63. The third kappa shape index (κ3) is 2.98. The fourth-order valence-electron chi connectivity index (χ4n) is 2.74. The van der Waals surface area contributed by atoms with Crippen LogP contribution in [0.1, 0.15) is 25.5 Å². The molecule has 1 aliphatic heterocycles. The van der Waals surface area contributed by atoms with E-state index in [1.54, 1.807) is 11.7 Å². The average Bonchev–Trinajstić information content (AvgIpc) is 2.44. The zero-order chi connectivity index (χ0) is 14.7. The Kier molecular flexibility index (Phi) is 4.70. The van der Waals surface area contributed by atoms with Crippen molar-refractivity contribution in [2.75, 3.05) is 37.4 Å². The topological polar surface area (TPSA) is 60.5 Å². The summed E-state index contributed by atoms with van der Waals surface area (Å²) in [5.74, 6) is 0.760. The summed E-state index contributed by atoms with van der Waals surface area (Å²) in [6, 6.07) is 2.03. The van der Waals surface area contributed by atoms with Crippen molar-refractivity contribution in [1.29, 1.82) is 0 Å². The van der Waals surface area contributed by atoms with Crippen molar-refractivity contribution in [2.45, 2.75) is 33.2 Å². The fourth-order valence-corrected chi connectivity index (χ4v) is 2.74. The van der Waals surface area contributed by atoms with Gasteiger partial charge in [0.2, 0.25) is 0 Å². The van der Waals surface area contributed by atoms with Gasteiger partial charge in [-0.2, -0.15) is 0 Å². The maximum atomic E-state index is 12.4. The quantitative estimate of drug-likeness (QED) is 0.910. The molecule has 2 rings (SSSR count). The van der Waals surface area contributed by atoms with E-state index in [9.17, 15) is 4.79 Å². The molecule has 5 heteroatoms. The smallest absolute Gasteiger partial charge is 0.276 e. The Labute approximate surface area is 120 Å². The minimum absolute atomic E-state index is 0.101. The third-order valence-corrected chi connectivity index (χ3v) is 4.17. The number of nitrogens with zero attached hydrogens (tertiary/aromatic N) is 2. The van der Waals surface area contributed by atoms with E-state index in [4.69, 9.17) is 10.5 Å². The molecule has 2 N–H and O–H groups in total. The number of ether oxygens (including phenoxy) is 1. The van der Waals surface area contributed by atoms with Crippen LogP contribution in [-0.2, 0) is 11.3 Å². The number of nitrogen functional groups attached to an aromatic ring is 1. The van der Waals surface area contributed by atoms with Crippen LogP contribution in [-0.4, -0.2) is 31.4 Å². The summed E-state index contributed by atoms with van der Waals surface area (Å²) < 4.78 is 6.73. The largest absolute Gasteiger partial charge is 0.393 e. The van der Waals surface area contributed by atoms with E-state index in [0.29, 0.717) is 18.8 Å². The van der Waals surface area contributed by atoms with Gasteiger partial charge >= 0.3 is 0 Å². The molecule has 2 heterocycles. The number of piperidine rings is 1. The van der Waals surface area contributed by atoms with Gasteiger partial charge in [0.15, 0.2) is 0 Å². The van der Waals surface area contributed by atoms with E-state index < -0.39 is 0 Å². The number of methoxy groups -OCH3 is 1. The maximum Gasteiger partial charge on any atom is 0.276 e. The molecule has 1 aliphatic rings. The van der Waals surface area contributed by atoms with Crippen LogP contribution in [0.25, 0.3) is 0 Å². The van der Waals surface area contributed by atoms with Crippen LogP contribution < -0.4 is 16.2 Å². The Morgan fingerprint density at radius 2 is 2.05 bits per heavy atom. The summed E-state index contributed by atoms with van der Waals surface area (Å²) in [5.41, 5.74) is 8.17. The maximum absolute atomic E-state index is 12.4. The minimum Gasteiger partial charge on any atom is -0.393 e. The van der Waals surface area contributed by atoms with Crippen molar-refractivity contribution in [2.24, 2.45) is 5.92 Å². The Bertz CT molecular complexity index is 517. The van der Waals surface area contributed by atoms with E-state index in [-0.39, 0.29) is 5.56 Å². The van der Waals surface area contributed by atoms with Gasteiger partial charge in [0.25, 0.3) is 5.56 Å². The van der Waals surface area contributed by atoms with E-state index in [1.165, 1.54) is 0 Å². The highest BCUT2D eigenvalue weighted by Crippen LogP contribution is 2.26. The van der Waals surface area contributed by atoms with Gasteiger partial charge in [0, 0.05) is 32.4 Å². The number of anilines is 2. The summed E-state index contributed by atoms with van der Waals surface area (Å²) >= 11 is 0. The molecule has 5 nitrogen and oxygen atoms in total. The lowest BCUT2D eigenvalue weighted by molar-refractivity contribution is 0.185. The van der Waals surface area contributed by atoms with E-state index >= 15 is 0 Å². The normalized spacial score (nSPS) is 16.6. The molecule has 0 atom stereocenters. The first-order valence-electron chi connectivity index (χ1n) is 7.28. The molecule has 1 fully saturated rings. The lowest BCUT2D eigenvalue weighted by Crippen LogP contribution is -2.36. The highest BCUT2D eigenvalue weighted by Gasteiger charge is 2.20. The van der Waals surface area contributed by atoms with Gasteiger partial charge in [-0.1, -0.05) is 6.92 Å². The van der Waals surface area contributed by atoms with E-state index in [0.717, 1.165) is 43.2 Å². The first-order chi connectivity index (χ1) is 9.54. The van der Waals surface area contributed by atoms with Crippen molar-refractivity contribution >= 4 is 11.4 Å². The summed E-state index contributed by atoms with van der Waals surface area (Å²) in [6.45, 7) is 7.24. The highest BCUT2D eigenvalue weighted by atomic mass is 16.5. The predicted octanol–water partition coefficient (Wildman–Crippen LogP) is 1.62. The summed E-state index contributed by atoms with van der Waals surface area (Å²) in [5, 5.41) is 0. The summed E-state index contributed by atoms with van der Waals surface area (Å²) in [4.78, 5) is 14.6. The van der Waals surface area contributed by atoms with Crippen molar-refractivity contribution in [1.82, 2.24) is 4.57 Å². The van der Waals surface area contributed by atoms with Gasteiger partial charge in [-0.3, -0.25) is 4.79 Å². The second-order valence-electron chi connectivity index (χ2n) is 5.70.